The third-order valence-electron chi connectivity index (χ3n) is 2.74. The quantitative estimate of drug-likeness (QED) is 0.732. The summed E-state index contributed by atoms with van der Waals surface area (Å²) in [4.78, 5) is 15.6. The molecule has 0 atom stereocenters. The van der Waals surface area contributed by atoms with E-state index < -0.39 is 0 Å². The van der Waals surface area contributed by atoms with Crippen LogP contribution in [0.15, 0.2) is 30.6 Å². The summed E-state index contributed by atoms with van der Waals surface area (Å²) in [7, 11) is 0. The number of nitrogens with one attached hydrogen (secondary N) is 2. The Bertz CT molecular complexity index is 619. The minimum Gasteiger partial charge on any atom is -0.482 e. The lowest BCUT2D eigenvalue weighted by molar-refractivity contribution is -0.123. The average molecular weight is 285 g/mol. The van der Waals surface area contributed by atoms with Crippen LogP contribution in [-0.2, 0) is 11.2 Å². The number of carbonyl (C=O) groups excluding carboxylic acids is 1. The monoisotopic (exact) mass is 285 g/mol. The van der Waals surface area contributed by atoms with Gasteiger partial charge in [-0.2, -0.15) is 10.4 Å². The van der Waals surface area contributed by atoms with Gasteiger partial charge in [-0.1, -0.05) is 12.1 Å². The fraction of sp³-hybridized carbons (Fsp3) is 0.286. The van der Waals surface area contributed by atoms with Gasteiger partial charge in [-0.15, -0.1) is 0 Å². The van der Waals surface area contributed by atoms with Crippen molar-refractivity contribution >= 4 is 5.91 Å². The Morgan fingerprint density at radius 2 is 2.29 bits per heavy atom. The van der Waals surface area contributed by atoms with Crippen molar-refractivity contribution in [3.8, 4) is 11.8 Å². The minimum atomic E-state index is -0.222. The van der Waals surface area contributed by atoms with E-state index in [1.165, 1.54) is 6.33 Å². The van der Waals surface area contributed by atoms with Gasteiger partial charge in [0.15, 0.2) is 6.61 Å². The summed E-state index contributed by atoms with van der Waals surface area (Å²) in [5.74, 6) is 0.987. The van der Waals surface area contributed by atoms with Gasteiger partial charge < -0.3 is 10.1 Å². The average Bonchev–Trinajstić information content (AvgIpc) is 3.03. The van der Waals surface area contributed by atoms with Gasteiger partial charge in [0.2, 0.25) is 0 Å². The predicted molar refractivity (Wildman–Crippen MR) is 74.4 cm³/mol. The Labute approximate surface area is 122 Å². The van der Waals surface area contributed by atoms with Gasteiger partial charge in [0, 0.05) is 13.0 Å². The third-order valence-corrected chi connectivity index (χ3v) is 2.74. The summed E-state index contributed by atoms with van der Waals surface area (Å²) in [6.45, 7) is 0.420. The lowest BCUT2D eigenvalue weighted by atomic mass is 10.2. The first-order valence-corrected chi connectivity index (χ1v) is 6.52. The highest BCUT2D eigenvalue weighted by Crippen LogP contribution is 2.15. The number of aryl methyl sites for hydroxylation is 1. The SMILES string of the molecule is N#Cc1ccccc1OCC(=O)NCCCc1ncn[nH]1. The second kappa shape index (κ2) is 7.65. The van der Waals surface area contributed by atoms with Crippen LogP contribution in [0.1, 0.15) is 17.8 Å². The maximum Gasteiger partial charge on any atom is 0.257 e. The second-order valence-electron chi connectivity index (χ2n) is 4.28. The first-order chi connectivity index (χ1) is 10.3. The molecular weight excluding hydrogens is 270 g/mol. The van der Waals surface area contributed by atoms with Crippen LogP contribution in [0.4, 0.5) is 0 Å². The summed E-state index contributed by atoms with van der Waals surface area (Å²) in [6, 6.07) is 8.82. The molecule has 2 aromatic rings. The summed E-state index contributed by atoms with van der Waals surface area (Å²) in [5, 5.41) is 18.1. The van der Waals surface area contributed by atoms with Crippen molar-refractivity contribution in [1.29, 1.82) is 5.26 Å². The zero-order valence-electron chi connectivity index (χ0n) is 11.4. The van der Waals surface area contributed by atoms with Crippen molar-refractivity contribution in [2.24, 2.45) is 0 Å². The number of nitriles is 1. The van der Waals surface area contributed by atoms with Crippen molar-refractivity contribution in [2.75, 3.05) is 13.2 Å². The van der Waals surface area contributed by atoms with Gasteiger partial charge in [-0.3, -0.25) is 9.89 Å². The first kappa shape index (κ1) is 14.5. The van der Waals surface area contributed by atoms with E-state index in [9.17, 15) is 4.79 Å². The van der Waals surface area contributed by atoms with Crippen LogP contribution >= 0.6 is 0 Å². The highest BCUT2D eigenvalue weighted by Gasteiger charge is 2.06. The van der Waals surface area contributed by atoms with Crippen molar-refractivity contribution in [1.82, 2.24) is 20.5 Å². The summed E-state index contributed by atoms with van der Waals surface area (Å²) in [5.41, 5.74) is 0.413. The Kier molecular flexibility index (Phi) is 5.29. The van der Waals surface area contributed by atoms with Crippen LogP contribution in [0, 0.1) is 11.3 Å². The minimum absolute atomic E-state index is 0.110. The molecule has 108 valence electrons. The summed E-state index contributed by atoms with van der Waals surface area (Å²) >= 11 is 0. The van der Waals surface area contributed by atoms with Gasteiger partial charge in [0.1, 0.15) is 24.0 Å². The van der Waals surface area contributed by atoms with Crippen LogP contribution in [-0.4, -0.2) is 34.2 Å². The molecule has 0 radical (unpaired) electrons. The lowest BCUT2D eigenvalue weighted by Crippen LogP contribution is -2.30. The van der Waals surface area contributed by atoms with E-state index in [0.29, 0.717) is 17.9 Å². The van der Waals surface area contributed by atoms with Crippen molar-refractivity contribution in [3.63, 3.8) is 0 Å². The number of benzene rings is 1. The number of amides is 1. The van der Waals surface area contributed by atoms with Crippen LogP contribution in [0.2, 0.25) is 0 Å². The van der Waals surface area contributed by atoms with Crippen LogP contribution in [0.3, 0.4) is 0 Å². The fourth-order valence-corrected chi connectivity index (χ4v) is 1.71. The Morgan fingerprint density at radius 1 is 1.43 bits per heavy atom. The molecule has 1 aromatic carbocycles. The van der Waals surface area contributed by atoms with E-state index in [1.54, 1.807) is 24.3 Å². The van der Waals surface area contributed by atoms with Crippen molar-refractivity contribution in [3.05, 3.63) is 42.0 Å². The maximum atomic E-state index is 11.6. The van der Waals surface area contributed by atoms with Gasteiger partial charge in [0.25, 0.3) is 5.91 Å². The number of aromatic nitrogens is 3. The third kappa shape index (κ3) is 4.62. The fourth-order valence-electron chi connectivity index (χ4n) is 1.71. The summed E-state index contributed by atoms with van der Waals surface area (Å²) < 4.78 is 5.33. The van der Waals surface area contributed by atoms with E-state index in [2.05, 4.69) is 20.5 Å². The molecule has 1 heterocycles. The number of H-pyrrole nitrogens is 1. The molecule has 0 aliphatic carbocycles. The molecule has 0 bridgehead atoms. The van der Waals surface area contributed by atoms with Crippen LogP contribution in [0.5, 0.6) is 5.75 Å². The standard InChI is InChI=1S/C14H15N5O2/c15-8-11-4-1-2-5-12(11)21-9-14(20)16-7-3-6-13-17-10-18-19-13/h1-2,4-5,10H,3,6-7,9H2,(H,16,20)(H,17,18,19). The smallest absolute Gasteiger partial charge is 0.257 e. The Morgan fingerprint density at radius 3 is 3.05 bits per heavy atom. The van der Waals surface area contributed by atoms with E-state index in [1.807, 2.05) is 6.07 Å². The van der Waals surface area contributed by atoms with E-state index in [0.717, 1.165) is 18.7 Å². The second-order valence-corrected chi connectivity index (χ2v) is 4.28. The molecule has 21 heavy (non-hydrogen) atoms. The van der Waals surface area contributed by atoms with E-state index in [-0.39, 0.29) is 12.5 Å². The number of hydrogen-bond donors (Lipinski definition) is 2. The molecule has 1 amide bonds. The summed E-state index contributed by atoms with van der Waals surface area (Å²) in [6.07, 6.45) is 2.93. The van der Waals surface area contributed by atoms with Crippen molar-refractivity contribution in [2.45, 2.75) is 12.8 Å². The van der Waals surface area contributed by atoms with Crippen LogP contribution in [0.25, 0.3) is 0 Å². The lowest BCUT2D eigenvalue weighted by Gasteiger charge is -2.08. The number of ether oxygens (including phenoxy) is 1. The van der Waals surface area contributed by atoms with E-state index in [4.69, 9.17) is 10.00 Å². The van der Waals surface area contributed by atoms with Gasteiger partial charge >= 0.3 is 0 Å². The van der Waals surface area contributed by atoms with Gasteiger partial charge in [-0.25, -0.2) is 4.98 Å². The van der Waals surface area contributed by atoms with Gasteiger partial charge in [0.05, 0.1) is 5.56 Å². The molecule has 0 saturated carbocycles. The molecular formula is C14H15N5O2. The largest absolute Gasteiger partial charge is 0.482 e. The molecule has 0 saturated heterocycles. The maximum absolute atomic E-state index is 11.6. The molecule has 1 aromatic heterocycles. The molecule has 0 spiro atoms. The van der Waals surface area contributed by atoms with Gasteiger partial charge in [-0.05, 0) is 18.6 Å². The molecule has 0 aliphatic heterocycles. The number of hydrogen-bond acceptors (Lipinski definition) is 5. The Hall–Kier alpha value is -2.88. The van der Waals surface area contributed by atoms with Crippen LogP contribution < -0.4 is 10.1 Å². The molecule has 0 unspecified atom stereocenters. The molecule has 2 N–H and O–H groups in total. The highest BCUT2D eigenvalue weighted by molar-refractivity contribution is 5.77. The number of aromatic amines is 1. The number of para-hydroxylation sites is 1. The number of carbonyl (C=O) groups is 1. The predicted octanol–water partition coefficient (Wildman–Crippen LogP) is 0.804. The van der Waals surface area contributed by atoms with E-state index >= 15 is 0 Å². The zero-order valence-corrected chi connectivity index (χ0v) is 11.4. The molecule has 7 heteroatoms. The van der Waals surface area contributed by atoms with Crippen molar-refractivity contribution < 1.29 is 9.53 Å². The zero-order chi connectivity index (χ0) is 14.9. The number of rotatable bonds is 7. The molecule has 2 rings (SSSR count). The molecule has 7 nitrogen and oxygen atoms in total. The Balaban J connectivity index is 1.67. The highest BCUT2D eigenvalue weighted by atomic mass is 16.5. The first-order valence-electron chi connectivity index (χ1n) is 6.52. The number of nitrogens with zero attached hydrogens (tertiary/aromatic N) is 3. The molecule has 0 fully saturated rings. The molecule has 0 aliphatic rings. The topological polar surface area (TPSA) is 104 Å². The normalized spacial score (nSPS) is 9.86.